The van der Waals surface area contributed by atoms with E-state index in [0.29, 0.717) is 6.42 Å². The van der Waals surface area contributed by atoms with Crippen molar-refractivity contribution in [2.45, 2.75) is 155 Å². The van der Waals surface area contributed by atoms with E-state index < -0.39 is 146 Å². The SMILES string of the molecule is CCC[C@@H](C(N)=O)N(CC[C@@H]1O[C@@H](COC(C)=O)[C@H](OC(C)=O)[C@@H](OC(C)=O)[C@H]1OC(C)=O)C(=O)C[C@H]1O[C@H](COC(C)=O)[C@@H](OC(C)=O)[C@H](OC(C)=O)[C@@H]1OC(C)=O. The third-order valence-electron chi connectivity index (χ3n) is 8.79. The maximum atomic E-state index is 14.5. The van der Waals surface area contributed by atoms with Gasteiger partial charge in [-0.15, -0.1) is 0 Å². The van der Waals surface area contributed by atoms with Gasteiger partial charge in [-0.25, -0.2) is 0 Å². The molecule has 0 spiro atoms. The summed E-state index contributed by atoms with van der Waals surface area (Å²) in [7, 11) is 0. The molecule has 0 aromatic heterocycles. The van der Waals surface area contributed by atoms with Crippen molar-refractivity contribution in [1.29, 1.82) is 0 Å². The molecule has 332 valence electrons. The highest BCUT2D eigenvalue weighted by Crippen LogP contribution is 2.33. The fourth-order valence-electron chi connectivity index (χ4n) is 6.77. The van der Waals surface area contributed by atoms with Gasteiger partial charge in [0.15, 0.2) is 36.6 Å². The molecule has 0 bridgehead atoms. The summed E-state index contributed by atoms with van der Waals surface area (Å²) >= 11 is 0. The van der Waals surface area contributed by atoms with Crippen LogP contribution in [0.1, 0.15) is 88.0 Å². The van der Waals surface area contributed by atoms with Crippen LogP contribution in [0, 0.1) is 0 Å². The van der Waals surface area contributed by atoms with E-state index in [9.17, 15) is 47.9 Å². The van der Waals surface area contributed by atoms with E-state index in [1.54, 1.807) is 6.92 Å². The zero-order chi connectivity index (χ0) is 44.7. The molecule has 22 heteroatoms. The Morgan fingerprint density at radius 3 is 1.19 bits per heavy atom. The molecule has 2 rings (SSSR count). The van der Waals surface area contributed by atoms with E-state index in [2.05, 4.69) is 0 Å². The highest BCUT2D eigenvalue weighted by molar-refractivity contribution is 5.87. The minimum atomic E-state index is -1.60. The second kappa shape index (κ2) is 23.3. The molecule has 0 aromatic rings. The first-order valence-corrected chi connectivity index (χ1v) is 18.8. The van der Waals surface area contributed by atoms with E-state index >= 15 is 0 Å². The number of primary amides is 1. The topological polar surface area (TPSA) is 292 Å². The van der Waals surface area contributed by atoms with Gasteiger partial charge in [-0.1, -0.05) is 13.3 Å². The molecular formula is C37H54N2O20. The highest BCUT2D eigenvalue weighted by Gasteiger charge is 2.54. The van der Waals surface area contributed by atoms with E-state index in [0.717, 1.165) is 60.3 Å². The predicted octanol–water partition coefficient (Wildman–Crippen LogP) is -0.500. The first-order chi connectivity index (χ1) is 27.5. The molecule has 2 aliphatic rings. The van der Waals surface area contributed by atoms with Gasteiger partial charge in [0.05, 0.1) is 6.42 Å². The van der Waals surface area contributed by atoms with E-state index in [1.807, 2.05) is 0 Å². The molecule has 2 fully saturated rings. The number of nitrogens with zero attached hydrogens (tertiary/aromatic N) is 1. The summed E-state index contributed by atoms with van der Waals surface area (Å²) in [4.78, 5) is 126. The van der Waals surface area contributed by atoms with Crippen LogP contribution in [-0.2, 0) is 95.3 Å². The fourth-order valence-corrected chi connectivity index (χ4v) is 6.77. The second-order valence-corrected chi connectivity index (χ2v) is 13.8. The highest BCUT2D eigenvalue weighted by atomic mass is 16.7. The monoisotopic (exact) mass is 846 g/mol. The number of ether oxygens (including phenoxy) is 10. The number of nitrogens with two attached hydrogens (primary N) is 1. The van der Waals surface area contributed by atoms with Gasteiger partial charge >= 0.3 is 47.8 Å². The number of hydrogen-bond donors (Lipinski definition) is 1. The van der Waals surface area contributed by atoms with Crippen LogP contribution in [0.4, 0.5) is 0 Å². The maximum Gasteiger partial charge on any atom is 0.303 e. The average molecular weight is 847 g/mol. The lowest BCUT2D eigenvalue weighted by Crippen LogP contribution is -2.63. The molecule has 2 N–H and O–H groups in total. The zero-order valence-corrected chi connectivity index (χ0v) is 34.5. The summed E-state index contributed by atoms with van der Waals surface area (Å²) in [6, 6.07) is -1.29. The largest absolute Gasteiger partial charge is 0.463 e. The zero-order valence-electron chi connectivity index (χ0n) is 34.5. The van der Waals surface area contributed by atoms with E-state index in [1.165, 1.54) is 0 Å². The fraction of sp³-hybridized carbons (Fsp3) is 0.730. The van der Waals surface area contributed by atoms with Crippen LogP contribution in [0.15, 0.2) is 0 Å². The Hall–Kier alpha value is -5.38. The van der Waals surface area contributed by atoms with Gasteiger partial charge in [0.25, 0.3) is 0 Å². The number of carbonyl (C=O) groups excluding carboxylic acids is 10. The summed E-state index contributed by atoms with van der Waals surface area (Å²) in [5, 5.41) is 0. The molecule has 2 aliphatic heterocycles. The summed E-state index contributed by atoms with van der Waals surface area (Å²) in [6.45, 7) is 8.74. The minimum Gasteiger partial charge on any atom is -0.463 e. The van der Waals surface area contributed by atoms with Crippen molar-refractivity contribution in [3.63, 3.8) is 0 Å². The Labute approximate surface area is 340 Å². The Morgan fingerprint density at radius 2 is 0.847 bits per heavy atom. The van der Waals surface area contributed by atoms with Crippen molar-refractivity contribution in [2.24, 2.45) is 5.73 Å². The number of amides is 2. The maximum absolute atomic E-state index is 14.5. The molecule has 0 aliphatic carbocycles. The Balaban J connectivity index is 2.67. The van der Waals surface area contributed by atoms with Crippen LogP contribution in [0.5, 0.6) is 0 Å². The first-order valence-electron chi connectivity index (χ1n) is 18.8. The third kappa shape index (κ3) is 15.7. The molecule has 0 radical (unpaired) electrons. The van der Waals surface area contributed by atoms with Crippen LogP contribution >= 0.6 is 0 Å². The molecule has 2 heterocycles. The number of carbonyl (C=O) groups is 10. The predicted molar refractivity (Wildman–Crippen MR) is 193 cm³/mol. The molecule has 59 heavy (non-hydrogen) atoms. The van der Waals surface area contributed by atoms with Gasteiger partial charge in [-0.05, 0) is 12.8 Å². The van der Waals surface area contributed by atoms with Crippen molar-refractivity contribution >= 4 is 59.6 Å². The van der Waals surface area contributed by atoms with Gasteiger partial charge in [-0.2, -0.15) is 0 Å². The lowest BCUT2D eigenvalue weighted by molar-refractivity contribution is -0.254. The summed E-state index contributed by atoms with van der Waals surface area (Å²) in [5.41, 5.74) is 5.81. The molecule has 11 atom stereocenters. The minimum absolute atomic E-state index is 0.0399. The van der Waals surface area contributed by atoms with Crippen LogP contribution in [0.2, 0.25) is 0 Å². The van der Waals surface area contributed by atoms with Gasteiger partial charge in [-0.3, -0.25) is 47.9 Å². The summed E-state index contributed by atoms with van der Waals surface area (Å²) < 4.78 is 55.3. The Kier molecular flexibility index (Phi) is 19.6. The van der Waals surface area contributed by atoms with E-state index in [4.69, 9.17) is 53.1 Å². The van der Waals surface area contributed by atoms with Crippen molar-refractivity contribution in [1.82, 2.24) is 4.90 Å². The summed E-state index contributed by atoms with van der Waals surface area (Å²) in [5.74, 6) is -8.50. The van der Waals surface area contributed by atoms with Crippen LogP contribution in [-0.4, -0.2) is 151 Å². The molecule has 2 saturated heterocycles. The standard InChI is InChI=1S/C37H54N2O20/c1-10-11-25(37(38)49)39(13-12-26-31(52-19(4)42)35(56-23(8)46)33(54-21(6)44)28(58-26)15-50-17(2)40)30(48)14-27-32(53-20(5)43)36(57-24(9)47)34(55-22(7)45)29(59-27)16-51-18(3)41/h25-29,31-36H,10-16H2,1-9H3,(H2,38,49)/t25-,26-,27+,28-,29+,31-,32+,33-,34+,35-,36+/m0/s1. The molecule has 0 saturated carbocycles. The smallest absolute Gasteiger partial charge is 0.303 e. The third-order valence-corrected chi connectivity index (χ3v) is 8.79. The van der Waals surface area contributed by atoms with Gasteiger partial charge in [0.1, 0.15) is 43.7 Å². The molecular weight excluding hydrogens is 792 g/mol. The average Bonchev–Trinajstić information content (AvgIpc) is 3.09. The lowest BCUT2D eigenvalue weighted by Gasteiger charge is -2.45. The lowest BCUT2D eigenvalue weighted by atomic mass is 9.91. The summed E-state index contributed by atoms with van der Waals surface area (Å²) in [6.07, 6.45) is -15.2. The first kappa shape index (κ1) is 49.8. The van der Waals surface area contributed by atoms with Crippen LogP contribution < -0.4 is 5.73 Å². The van der Waals surface area contributed by atoms with Crippen molar-refractivity contribution < 1.29 is 95.3 Å². The van der Waals surface area contributed by atoms with E-state index in [-0.39, 0.29) is 19.4 Å². The normalized spacial score (nSPS) is 26.7. The van der Waals surface area contributed by atoms with Crippen LogP contribution in [0.25, 0.3) is 0 Å². The van der Waals surface area contributed by atoms with Crippen LogP contribution in [0.3, 0.4) is 0 Å². The number of hydrogen-bond acceptors (Lipinski definition) is 20. The molecule has 22 nitrogen and oxygen atoms in total. The van der Waals surface area contributed by atoms with Crippen molar-refractivity contribution in [2.75, 3.05) is 19.8 Å². The quantitative estimate of drug-likeness (QED) is 0.127. The van der Waals surface area contributed by atoms with Crippen molar-refractivity contribution in [3.8, 4) is 0 Å². The van der Waals surface area contributed by atoms with Crippen molar-refractivity contribution in [3.05, 3.63) is 0 Å². The Bertz CT molecular complexity index is 1570. The molecule has 0 unspecified atom stereocenters. The number of rotatable bonds is 19. The molecule has 2 amide bonds. The number of esters is 8. The Morgan fingerprint density at radius 1 is 0.508 bits per heavy atom. The second-order valence-electron chi connectivity index (χ2n) is 13.8. The molecule has 0 aromatic carbocycles. The van der Waals surface area contributed by atoms with Gasteiger partial charge < -0.3 is 58.0 Å². The van der Waals surface area contributed by atoms with Gasteiger partial charge in [0.2, 0.25) is 11.8 Å². The van der Waals surface area contributed by atoms with Gasteiger partial charge in [0, 0.05) is 61.9 Å².